The third-order valence-corrected chi connectivity index (χ3v) is 2.63. The van der Waals surface area contributed by atoms with Gasteiger partial charge in [-0.3, -0.25) is 0 Å². The second-order valence-corrected chi connectivity index (χ2v) is 3.88. The van der Waals surface area contributed by atoms with Crippen LogP contribution in [0.25, 0.3) is 0 Å². The van der Waals surface area contributed by atoms with Crippen molar-refractivity contribution in [1.29, 1.82) is 0 Å². The van der Waals surface area contributed by atoms with E-state index in [9.17, 15) is 0 Å². The third-order valence-electron chi connectivity index (χ3n) is 1.68. The molecule has 0 fully saturated rings. The second kappa shape index (κ2) is 3.71. The van der Waals surface area contributed by atoms with Crippen LogP contribution >= 0.6 is 11.8 Å². The summed E-state index contributed by atoms with van der Waals surface area (Å²) in [5, 5.41) is 1.58. The number of nitrogen functional groups attached to an aromatic ring is 1. The quantitative estimate of drug-likeness (QED) is 0.786. The number of anilines is 1. The number of aryl methyl sites for hydroxylation is 1. The molecule has 0 spiro atoms. The number of aromatic nitrogens is 3. The molecule has 2 heterocycles. The van der Waals surface area contributed by atoms with E-state index >= 15 is 0 Å². The molecule has 0 atom stereocenters. The summed E-state index contributed by atoms with van der Waals surface area (Å²) in [6, 6.07) is 1.90. The van der Waals surface area contributed by atoms with Crippen LogP contribution in [0, 0.1) is 6.92 Å². The van der Waals surface area contributed by atoms with Gasteiger partial charge in [0.1, 0.15) is 5.03 Å². The molecule has 14 heavy (non-hydrogen) atoms. The molecule has 2 rings (SSSR count). The number of imidazole rings is 1. The molecule has 2 aromatic heterocycles. The summed E-state index contributed by atoms with van der Waals surface area (Å²) in [6.45, 7) is 1.96. The number of nitrogens with two attached hydrogens (primary N) is 1. The Bertz CT molecular complexity index is 424. The van der Waals surface area contributed by atoms with Gasteiger partial charge in [0.2, 0.25) is 0 Å². The van der Waals surface area contributed by atoms with Gasteiger partial charge >= 0.3 is 0 Å². The van der Waals surface area contributed by atoms with Gasteiger partial charge in [0.25, 0.3) is 0 Å². The van der Waals surface area contributed by atoms with E-state index in [1.807, 2.05) is 13.0 Å². The van der Waals surface area contributed by atoms with Gasteiger partial charge in [0.05, 0.1) is 5.69 Å². The molecule has 5 heteroatoms. The Labute approximate surface area is 86.0 Å². The van der Waals surface area contributed by atoms with Crippen molar-refractivity contribution in [3.8, 4) is 0 Å². The molecule has 0 bridgehead atoms. The number of nitrogens with zero attached hydrogens (tertiary/aromatic N) is 2. The highest BCUT2D eigenvalue weighted by Crippen LogP contribution is 2.27. The van der Waals surface area contributed by atoms with Gasteiger partial charge in [-0.2, -0.15) is 0 Å². The smallest absolute Gasteiger partial charge is 0.171 e. The average molecular weight is 206 g/mol. The molecular formula is C9H10N4S. The van der Waals surface area contributed by atoms with E-state index in [4.69, 9.17) is 5.73 Å². The van der Waals surface area contributed by atoms with E-state index < -0.39 is 0 Å². The van der Waals surface area contributed by atoms with Gasteiger partial charge < -0.3 is 10.7 Å². The lowest BCUT2D eigenvalue weighted by Gasteiger charge is -2.02. The summed E-state index contributed by atoms with van der Waals surface area (Å²) in [4.78, 5) is 11.3. The zero-order valence-electron chi connectivity index (χ0n) is 7.69. The van der Waals surface area contributed by atoms with Crippen molar-refractivity contribution in [2.24, 2.45) is 0 Å². The summed E-state index contributed by atoms with van der Waals surface area (Å²) >= 11 is 1.43. The number of hydrogen-bond acceptors (Lipinski definition) is 4. The number of aromatic amines is 1. The highest BCUT2D eigenvalue weighted by atomic mass is 32.2. The number of H-pyrrole nitrogens is 1. The fourth-order valence-corrected chi connectivity index (χ4v) is 1.77. The summed E-state index contributed by atoms with van der Waals surface area (Å²) in [5.74, 6) is 0. The van der Waals surface area contributed by atoms with Crippen molar-refractivity contribution >= 4 is 17.4 Å². The maximum Gasteiger partial charge on any atom is 0.171 e. The molecule has 0 saturated carbocycles. The summed E-state index contributed by atoms with van der Waals surface area (Å²) in [6.07, 6.45) is 5.26. The van der Waals surface area contributed by atoms with E-state index in [-0.39, 0.29) is 0 Å². The van der Waals surface area contributed by atoms with Crippen molar-refractivity contribution in [2.45, 2.75) is 17.1 Å². The number of hydrogen-bond donors (Lipinski definition) is 2. The lowest BCUT2D eigenvalue weighted by atomic mass is 10.3. The first-order valence-electron chi connectivity index (χ1n) is 4.15. The van der Waals surface area contributed by atoms with Crippen LogP contribution in [0.3, 0.4) is 0 Å². The van der Waals surface area contributed by atoms with Crippen LogP contribution in [-0.4, -0.2) is 15.0 Å². The Balaban J connectivity index is 2.25. The normalized spacial score (nSPS) is 10.4. The summed E-state index contributed by atoms with van der Waals surface area (Å²) in [7, 11) is 0. The zero-order valence-corrected chi connectivity index (χ0v) is 8.51. The summed E-state index contributed by atoms with van der Waals surface area (Å²) < 4.78 is 0. The number of nitrogens with one attached hydrogen (secondary N) is 1. The first kappa shape index (κ1) is 9.08. The molecule has 0 aliphatic carbocycles. The fraction of sp³-hybridized carbons (Fsp3) is 0.111. The standard InChI is InChI=1S/C9H10N4S/c1-6-4-7(10)8(13-5-6)14-9-11-2-3-12-9/h2-5H,10H2,1H3,(H,11,12). The molecule has 0 aromatic carbocycles. The van der Waals surface area contributed by atoms with E-state index in [1.54, 1.807) is 18.6 Å². The minimum absolute atomic E-state index is 0.686. The first-order valence-corrected chi connectivity index (χ1v) is 4.97. The predicted molar refractivity (Wildman–Crippen MR) is 56.1 cm³/mol. The Hall–Kier alpha value is -1.49. The fourth-order valence-electron chi connectivity index (χ4n) is 1.06. The van der Waals surface area contributed by atoms with Gasteiger partial charge in [0, 0.05) is 18.6 Å². The monoisotopic (exact) mass is 206 g/mol. The van der Waals surface area contributed by atoms with Crippen LogP contribution < -0.4 is 5.73 Å². The number of pyridine rings is 1. The molecule has 4 nitrogen and oxygen atoms in total. The van der Waals surface area contributed by atoms with Gasteiger partial charge in [-0.25, -0.2) is 9.97 Å². The van der Waals surface area contributed by atoms with Gasteiger partial charge in [-0.1, -0.05) is 0 Å². The van der Waals surface area contributed by atoms with Crippen LogP contribution in [0.1, 0.15) is 5.56 Å². The van der Waals surface area contributed by atoms with Gasteiger partial charge in [0.15, 0.2) is 5.16 Å². The molecule has 0 amide bonds. The van der Waals surface area contributed by atoms with Crippen molar-refractivity contribution in [2.75, 3.05) is 5.73 Å². The molecular weight excluding hydrogens is 196 g/mol. The third kappa shape index (κ3) is 1.88. The molecule has 72 valence electrons. The molecule has 0 saturated heterocycles. The van der Waals surface area contributed by atoms with Crippen molar-refractivity contribution in [3.63, 3.8) is 0 Å². The van der Waals surface area contributed by atoms with Gasteiger partial charge in [-0.05, 0) is 30.3 Å². The Morgan fingerprint density at radius 3 is 2.93 bits per heavy atom. The molecule has 0 radical (unpaired) electrons. The highest BCUT2D eigenvalue weighted by Gasteiger charge is 2.04. The Morgan fingerprint density at radius 2 is 2.29 bits per heavy atom. The topological polar surface area (TPSA) is 67.6 Å². The molecule has 0 unspecified atom stereocenters. The predicted octanol–water partition coefficient (Wildman–Crippen LogP) is 1.85. The van der Waals surface area contributed by atoms with Crippen molar-refractivity contribution in [1.82, 2.24) is 15.0 Å². The number of rotatable bonds is 2. The van der Waals surface area contributed by atoms with Gasteiger partial charge in [-0.15, -0.1) is 0 Å². The van der Waals surface area contributed by atoms with Crippen LogP contribution in [0.5, 0.6) is 0 Å². The van der Waals surface area contributed by atoms with Crippen LogP contribution in [0.4, 0.5) is 5.69 Å². The zero-order chi connectivity index (χ0) is 9.97. The van der Waals surface area contributed by atoms with Crippen molar-refractivity contribution in [3.05, 3.63) is 30.2 Å². The van der Waals surface area contributed by atoms with E-state index in [2.05, 4.69) is 15.0 Å². The molecule has 3 N–H and O–H groups in total. The van der Waals surface area contributed by atoms with Crippen molar-refractivity contribution < 1.29 is 0 Å². The van der Waals surface area contributed by atoms with Crippen LogP contribution in [0.15, 0.2) is 34.8 Å². The second-order valence-electron chi connectivity index (χ2n) is 2.90. The highest BCUT2D eigenvalue weighted by molar-refractivity contribution is 7.99. The lowest BCUT2D eigenvalue weighted by molar-refractivity contribution is 1.04. The molecule has 2 aromatic rings. The van der Waals surface area contributed by atoms with E-state index in [0.29, 0.717) is 5.69 Å². The lowest BCUT2D eigenvalue weighted by Crippen LogP contribution is -1.92. The van der Waals surface area contributed by atoms with Crippen LogP contribution in [-0.2, 0) is 0 Å². The first-order chi connectivity index (χ1) is 6.75. The minimum Gasteiger partial charge on any atom is -0.397 e. The average Bonchev–Trinajstić information content (AvgIpc) is 2.62. The maximum atomic E-state index is 5.81. The Kier molecular flexibility index (Phi) is 2.41. The largest absolute Gasteiger partial charge is 0.397 e. The maximum absolute atomic E-state index is 5.81. The Morgan fingerprint density at radius 1 is 1.43 bits per heavy atom. The SMILES string of the molecule is Cc1cnc(Sc2ncc[nH]2)c(N)c1. The molecule has 0 aliphatic heterocycles. The summed E-state index contributed by atoms with van der Waals surface area (Å²) in [5.41, 5.74) is 7.56. The van der Waals surface area contributed by atoms with Crippen LogP contribution in [0.2, 0.25) is 0 Å². The van der Waals surface area contributed by atoms with E-state index in [1.165, 1.54) is 11.8 Å². The minimum atomic E-state index is 0.686. The molecule has 0 aliphatic rings. The van der Waals surface area contributed by atoms with E-state index in [0.717, 1.165) is 15.7 Å².